The van der Waals surface area contributed by atoms with Crippen molar-refractivity contribution in [2.45, 2.75) is 25.8 Å². The van der Waals surface area contributed by atoms with Gasteiger partial charge in [0.25, 0.3) is 0 Å². The molecule has 1 rings (SSSR count). The second-order valence-electron chi connectivity index (χ2n) is 5.84. The van der Waals surface area contributed by atoms with Crippen LogP contribution in [-0.4, -0.2) is 69.7 Å². The molecule has 0 aliphatic carbocycles. The predicted molar refractivity (Wildman–Crippen MR) is 79.1 cm³/mol. The summed E-state index contributed by atoms with van der Waals surface area (Å²) < 4.78 is 24.8. The van der Waals surface area contributed by atoms with Crippen LogP contribution in [0.25, 0.3) is 0 Å². The SMILES string of the molecule is CC(C)(CNC(=O)C(=O)N1CCCNCC1)NS(C)(=O)=O. The van der Waals surface area contributed by atoms with E-state index in [1.165, 1.54) is 4.90 Å². The molecule has 9 heteroatoms. The largest absolute Gasteiger partial charge is 0.346 e. The second kappa shape index (κ2) is 7.19. The van der Waals surface area contributed by atoms with Crippen molar-refractivity contribution in [3.05, 3.63) is 0 Å². The van der Waals surface area contributed by atoms with Gasteiger partial charge in [-0.05, 0) is 26.8 Å². The highest BCUT2D eigenvalue weighted by molar-refractivity contribution is 7.88. The summed E-state index contributed by atoms with van der Waals surface area (Å²) in [5.41, 5.74) is -0.857. The van der Waals surface area contributed by atoms with E-state index in [-0.39, 0.29) is 6.54 Å². The highest BCUT2D eigenvalue weighted by Gasteiger charge is 2.26. The molecule has 1 saturated heterocycles. The molecule has 0 aromatic rings. The average molecular weight is 320 g/mol. The summed E-state index contributed by atoms with van der Waals surface area (Å²) in [6, 6.07) is 0. The molecule has 0 aromatic heterocycles. The Bertz CT molecular complexity index is 481. The Labute approximate surface area is 125 Å². The van der Waals surface area contributed by atoms with Crippen LogP contribution in [0, 0.1) is 0 Å². The lowest BCUT2D eigenvalue weighted by atomic mass is 10.1. The summed E-state index contributed by atoms with van der Waals surface area (Å²) in [5.74, 6) is -1.28. The van der Waals surface area contributed by atoms with Crippen LogP contribution in [0.2, 0.25) is 0 Å². The van der Waals surface area contributed by atoms with Crippen molar-refractivity contribution in [3.8, 4) is 0 Å². The van der Waals surface area contributed by atoms with E-state index in [0.29, 0.717) is 19.6 Å². The fourth-order valence-electron chi connectivity index (χ4n) is 2.11. The molecule has 0 atom stereocenters. The second-order valence-corrected chi connectivity index (χ2v) is 7.58. The Hall–Kier alpha value is -1.19. The topological polar surface area (TPSA) is 108 Å². The molecule has 21 heavy (non-hydrogen) atoms. The molecule has 1 fully saturated rings. The van der Waals surface area contributed by atoms with E-state index >= 15 is 0 Å². The molecule has 8 nitrogen and oxygen atoms in total. The van der Waals surface area contributed by atoms with Gasteiger partial charge >= 0.3 is 11.8 Å². The molecular formula is C12H24N4O4S. The summed E-state index contributed by atoms with van der Waals surface area (Å²) in [6.07, 6.45) is 1.85. The Balaban J connectivity index is 2.50. The van der Waals surface area contributed by atoms with Crippen molar-refractivity contribution in [1.82, 2.24) is 20.3 Å². The van der Waals surface area contributed by atoms with E-state index in [4.69, 9.17) is 0 Å². The fourth-order valence-corrected chi connectivity index (χ4v) is 3.18. The van der Waals surface area contributed by atoms with E-state index in [0.717, 1.165) is 19.2 Å². The molecule has 3 N–H and O–H groups in total. The molecular weight excluding hydrogens is 296 g/mol. The summed E-state index contributed by atoms with van der Waals surface area (Å²) in [5, 5.41) is 5.64. The lowest BCUT2D eigenvalue weighted by molar-refractivity contribution is -0.145. The minimum atomic E-state index is -3.38. The van der Waals surface area contributed by atoms with Crippen molar-refractivity contribution in [2.24, 2.45) is 0 Å². The summed E-state index contributed by atoms with van der Waals surface area (Å²) in [6.45, 7) is 5.85. The summed E-state index contributed by atoms with van der Waals surface area (Å²) in [4.78, 5) is 25.4. The van der Waals surface area contributed by atoms with Gasteiger partial charge in [-0.15, -0.1) is 0 Å². The maximum Gasteiger partial charge on any atom is 0.311 e. The number of sulfonamides is 1. The molecule has 1 heterocycles. The maximum atomic E-state index is 12.0. The Kier molecular flexibility index (Phi) is 6.11. The quantitative estimate of drug-likeness (QED) is 0.533. The number of nitrogens with zero attached hydrogens (tertiary/aromatic N) is 1. The number of hydrogen-bond donors (Lipinski definition) is 3. The smallest absolute Gasteiger partial charge is 0.311 e. The zero-order valence-electron chi connectivity index (χ0n) is 12.7. The van der Waals surface area contributed by atoms with Crippen LogP contribution in [0.3, 0.4) is 0 Å². The predicted octanol–water partition coefficient (Wildman–Crippen LogP) is -1.75. The molecule has 0 unspecified atom stereocenters. The van der Waals surface area contributed by atoms with Crippen LogP contribution in [0.5, 0.6) is 0 Å². The molecule has 0 bridgehead atoms. The van der Waals surface area contributed by atoms with Crippen molar-refractivity contribution < 1.29 is 18.0 Å². The number of nitrogens with one attached hydrogen (secondary N) is 3. The Morgan fingerprint density at radius 1 is 1.24 bits per heavy atom. The minimum absolute atomic E-state index is 0.0384. The van der Waals surface area contributed by atoms with E-state index in [1.54, 1.807) is 13.8 Å². The van der Waals surface area contributed by atoms with E-state index in [1.807, 2.05) is 0 Å². The third-order valence-electron chi connectivity index (χ3n) is 2.97. The van der Waals surface area contributed by atoms with Gasteiger partial charge in [0, 0.05) is 31.7 Å². The van der Waals surface area contributed by atoms with Gasteiger partial charge in [-0.3, -0.25) is 9.59 Å². The molecule has 0 spiro atoms. The van der Waals surface area contributed by atoms with Gasteiger partial charge < -0.3 is 15.5 Å². The molecule has 0 radical (unpaired) electrons. The van der Waals surface area contributed by atoms with Crippen LogP contribution in [0.4, 0.5) is 0 Å². The van der Waals surface area contributed by atoms with Crippen LogP contribution in [0.15, 0.2) is 0 Å². The van der Waals surface area contributed by atoms with Crippen molar-refractivity contribution in [1.29, 1.82) is 0 Å². The summed E-state index contributed by atoms with van der Waals surface area (Å²) in [7, 11) is -3.38. The highest BCUT2D eigenvalue weighted by Crippen LogP contribution is 2.02. The number of amides is 2. The van der Waals surface area contributed by atoms with E-state index < -0.39 is 27.4 Å². The molecule has 2 amide bonds. The van der Waals surface area contributed by atoms with Crippen LogP contribution >= 0.6 is 0 Å². The third kappa shape index (κ3) is 6.87. The van der Waals surface area contributed by atoms with Gasteiger partial charge in [0.2, 0.25) is 10.0 Å². The first-order chi connectivity index (χ1) is 9.61. The molecule has 0 aromatic carbocycles. The first kappa shape index (κ1) is 17.9. The van der Waals surface area contributed by atoms with Gasteiger partial charge in [0.15, 0.2) is 0 Å². The molecule has 122 valence electrons. The Morgan fingerprint density at radius 2 is 1.90 bits per heavy atom. The standard InChI is InChI=1S/C12H24N4O4S/c1-12(2,15-21(3,19)20)9-14-10(17)11(18)16-7-4-5-13-6-8-16/h13,15H,4-9H2,1-3H3,(H,14,17). The number of hydrogen-bond acceptors (Lipinski definition) is 5. The van der Waals surface area contributed by atoms with Gasteiger partial charge in [-0.25, -0.2) is 13.1 Å². The minimum Gasteiger partial charge on any atom is -0.346 e. The van der Waals surface area contributed by atoms with Gasteiger partial charge in [0.05, 0.1) is 6.26 Å². The van der Waals surface area contributed by atoms with Gasteiger partial charge in [0.1, 0.15) is 0 Å². The average Bonchev–Trinajstić information content (AvgIpc) is 2.61. The normalized spacial score (nSPS) is 17.2. The monoisotopic (exact) mass is 320 g/mol. The van der Waals surface area contributed by atoms with Gasteiger partial charge in [-0.1, -0.05) is 0 Å². The van der Waals surface area contributed by atoms with Crippen molar-refractivity contribution in [2.75, 3.05) is 39.0 Å². The van der Waals surface area contributed by atoms with Gasteiger partial charge in [-0.2, -0.15) is 0 Å². The lowest BCUT2D eigenvalue weighted by Crippen LogP contribution is -2.53. The zero-order chi connectivity index (χ0) is 16.1. The number of carbonyl (C=O) groups is 2. The van der Waals surface area contributed by atoms with Crippen LogP contribution in [0.1, 0.15) is 20.3 Å². The first-order valence-corrected chi connectivity index (χ1v) is 8.77. The number of rotatable bonds is 4. The van der Waals surface area contributed by atoms with Crippen molar-refractivity contribution >= 4 is 21.8 Å². The molecule has 1 aliphatic heterocycles. The number of carbonyl (C=O) groups excluding carboxylic acids is 2. The fraction of sp³-hybridized carbons (Fsp3) is 0.833. The maximum absolute atomic E-state index is 12.0. The summed E-state index contributed by atoms with van der Waals surface area (Å²) >= 11 is 0. The van der Waals surface area contributed by atoms with E-state index in [2.05, 4.69) is 15.4 Å². The highest BCUT2D eigenvalue weighted by atomic mass is 32.2. The first-order valence-electron chi connectivity index (χ1n) is 6.87. The van der Waals surface area contributed by atoms with Crippen molar-refractivity contribution in [3.63, 3.8) is 0 Å². The Morgan fingerprint density at radius 3 is 2.52 bits per heavy atom. The van der Waals surface area contributed by atoms with Crippen LogP contribution in [-0.2, 0) is 19.6 Å². The molecule has 1 aliphatic rings. The molecule has 0 saturated carbocycles. The third-order valence-corrected chi connectivity index (χ3v) is 3.90. The lowest BCUT2D eigenvalue weighted by Gasteiger charge is -2.26. The van der Waals surface area contributed by atoms with E-state index in [9.17, 15) is 18.0 Å². The zero-order valence-corrected chi connectivity index (χ0v) is 13.5. The van der Waals surface area contributed by atoms with Crippen LogP contribution < -0.4 is 15.4 Å².